The summed E-state index contributed by atoms with van der Waals surface area (Å²) in [6.07, 6.45) is 1.62. The summed E-state index contributed by atoms with van der Waals surface area (Å²) in [7, 11) is 1.64. The Balaban J connectivity index is 1.63. The molecule has 0 aliphatic heterocycles. The van der Waals surface area contributed by atoms with Crippen molar-refractivity contribution >= 4 is 22.9 Å². The fourth-order valence-electron chi connectivity index (χ4n) is 2.96. The molecule has 0 unspecified atom stereocenters. The average Bonchev–Trinajstić information content (AvgIpc) is 2.66. The molecule has 0 fully saturated rings. The van der Waals surface area contributed by atoms with Gasteiger partial charge in [0.1, 0.15) is 11.5 Å². The molecule has 0 aliphatic carbocycles. The fraction of sp³-hybridized carbons (Fsp3) is 0.182. The monoisotopic (exact) mass is 362 g/mol. The van der Waals surface area contributed by atoms with Gasteiger partial charge in [-0.1, -0.05) is 30.3 Å². The van der Waals surface area contributed by atoms with Gasteiger partial charge in [-0.3, -0.25) is 4.79 Å². The van der Waals surface area contributed by atoms with Crippen LogP contribution >= 0.6 is 0 Å². The number of hydrogen-bond donors (Lipinski definition) is 1. The number of rotatable bonds is 6. The largest absolute Gasteiger partial charge is 0.496 e. The van der Waals surface area contributed by atoms with Crippen molar-refractivity contribution in [3.05, 3.63) is 71.3 Å². The summed E-state index contributed by atoms with van der Waals surface area (Å²) in [6.45, 7) is 3.89. The Labute approximate surface area is 158 Å². The van der Waals surface area contributed by atoms with Crippen molar-refractivity contribution < 1.29 is 14.3 Å². The number of carbonyl (C=O) groups is 1. The number of ether oxygens (including phenoxy) is 2. The van der Waals surface area contributed by atoms with E-state index in [4.69, 9.17) is 9.47 Å². The van der Waals surface area contributed by atoms with Crippen LogP contribution in [0.1, 0.15) is 16.7 Å². The van der Waals surface area contributed by atoms with Gasteiger partial charge in [0.2, 0.25) is 0 Å². The van der Waals surface area contributed by atoms with Gasteiger partial charge in [-0.2, -0.15) is 5.10 Å². The van der Waals surface area contributed by atoms with E-state index in [1.54, 1.807) is 13.3 Å². The van der Waals surface area contributed by atoms with E-state index in [2.05, 4.69) is 16.6 Å². The van der Waals surface area contributed by atoms with Crippen LogP contribution in [0, 0.1) is 13.8 Å². The number of amides is 1. The van der Waals surface area contributed by atoms with Gasteiger partial charge in [0.05, 0.1) is 13.3 Å². The Kier molecular flexibility index (Phi) is 5.71. The zero-order chi connectivity index (χ0) is 19.2. The number of hydrazone groups is 1. The van der Waals surface area contributed by atoms with Crippen molar-refractivity contribution in [3.63, 3.8) is 0 Å². The summed E-state index contributed by atoms with van der Waals surface area (Å²) >= 11 is 0. The van der Waals surface area contributed by atoms with Gasteiger partial charge in [-0.05, 0) is 54.6 Å². The normalized spacial score (nSPS) is 10.9. The van der Waals surface area contributed by atoms with E-state index in [0.717, 1.165) is 33.2 Å². The first kappa shape index (κ1) is 18.5. The lowest BCUT2D eigenvalue weighted by Gasteiger charge is -2.08. The summed E-state index contributed by atoms with van der Waals surface area (Å²) in [4.78, 5) is 12.0. The van der Waals surface area contributed by atoms with Crippen molar-refractivity contribution in [3.8, 4) is 11.5 Å². The number of nitrogens with one attached hydrogen (secondary N) is 1. The molecule has 5 nitrogen and oxygen atoms in total. The molecule has 0 radical (unpaired) electrons. The van der Waals surface area contributed by atoms with Gasteiger partial charge >= 0.3 is 0 Å². The van der Waals surface area contributed by atoms with Crippen LogP contribution in [0.2, 0.25) is 0 Å². The summed E-state index contributed by atoms with van der Waals surface area (Å²) in [5.74, 6) is 1.16. The molecule has 138 valence electrons. The van der Waals surface area contributed by atoms with Crippen LogP contribution in [0.25, 0.3) is 10.8 Å². The minimum Gasteiger partial charge on any atom is -0.496 e. The molecule has 1 amide bonds. The second-order valence-corrected chi connectivity index (χ2v) is 6.31. The number of methoxy groups -OCH3 is 1. The minimum atomic E-state index is -0.316. The molecule has 3 rings (SSSR count). The van der Waals surface area contributed by atoms with Crippen LogP contribution in [0.3, 0.4) is 0 Å². The maximum atomic E-state index is 12.0. The summed E-state index contributed by atoms with van der Waals surface area (Å²) < 4.78 is 10.9. The molecule has 0 saturated carbocycles. The van der Waals surface area contributed by atoms with Crippen LogP contribution in [0.5, 0.6) is 11.5 Å². The lowest BCUT2D eigenvalue weighted by molar-refractivity contribution is -0.123. The van der Waals surface area contributed by atoms with Gasteiger partial charge < -0.3 is 9.47 Å². The van der Waals surface area contributed by atoms with Crippen molar-refractivity contribution in [2.45, 2.75) is 13.8 Å². The van der Waals surface area contributed by atoms with Gasteiger partial charge in [0.15, 0.2) is 6.61 Å². The van der Waals surface area contributed by atoms with Crippen LogP contribution in [0.4, 0.5) is 0 Å². The maximum absolute atomic E-state index is 12.0. The molecule has 3 aromatic rings. The van der Waals surface area contributed by atoms with E-state index in [-0.39, 0.29) is 12.5 Å². The molecule has 0 bridgehead atoms. The van der Waals surface area contributed by atoms with Gasteiger partial charge in [-0.25, -0.2) is 5.43 Å². The predicted molar refractivity (Wildman–Crippen MR) is 108 cm³/mol. The molecule has 3 aromatic carbocycles. The summed E-state index contributed by atoms with van der Waals surface area (Å²) in [5, 5.41) is 6.04. The van der Waals surface area contributed by atoms with E-state index in [0.29, 0.717) is 5.75 Å². The van der Waals surface area contributed by atoms with E-state index in [1.165, 1.54) is 0 Å². The molecule has 1 N–H and O–H groups in total. The standard InChI is InChI=1S/C22H22N2O3/c1-15-10-16(2)12-18(11-15)27-14-22(25)24-23-13-17-8-9-21(26-3)20-7-5-4-6-19(17)20/h4-13H,14H2,1-3H3,(H,24,25)/b23-13+. The van der Waals surface area contributed by atoms with Crippen LogP contribution in [0.15, 0.2) is 59.7 Å². The number of benzene rings is 3. The smallest absolute Gasteiger partial charge is 0.277 e. The highest BCUT2D eigenvalue weighted by Crippen LogP contribution is 2.27. The van der Waals surface area contributed by atoms with Crippen molar-refractivity contribution in [1.82, 2.24) is 5.43 Å². The zero-order valence-electron chi connectivity index (χ0n) is 15.7. The molecule has 0 atom stereocenters. The summed E-state index contributed by atoms with van der Waals surface area (Å²) in [5.41, 5.74) is 5.57. The second kappa shape index (κ2) is 8.36. The number of aryl methyl sites for hydroxylation is 2. The Morgan fingerprint density at radius 2 is 1.74 bits per heavy atom. The third kappa shape index (κ3) is 4.64. The predicted octanol–water partition coefficient (Wildman–Crippen LogP) is 3.99. The quantitative estimate of drug-likeness (QED) is 0.533. The minimum absolute atomic E-state index is 0.0937. The Bertz CT molecular complexity index is 976. The number of nitrogens with zero attached hydrogens (tertiary/aromatic N) is 1. The first-order valence-electron chi connectivity index (χ1n) is 8.65. The summed E-state index contributed by atoms with van der Waals surface area (Å²) in [6, 6.07) is 17.5. The third-order valence-corrected chi connectivity index (χ3v) is 4.10. The Hall–Kier alpha value is -3.34. The Morgan fingerprint density at radius 1 is 1.04 bits per heavy atom. The highest BCUT2D eigenvalue weighted by molar-refractivity contribution is 6.02. The van der Waals surface area contributed by atoms with Crippen LogP contribution < -0.4 is 14.9 Å². The number of carbonyl (C=O) groups excluding carboxylic acids is 1. The lowest BCUT2D eigenvalue weighted by atomic mass is 10.0. The molecule has 0 spiro atoms. The van der Waals surface area contributed by atoms with Crippen LogP contribution in [-0.4, -0.2) is 25.8 Å². The highest BCUT2D eigenvalue weighted by atomic mass is 16.5. The fourth-order valence-corrected chi connectivity index (χ4v) is 2.96. The molecular formula is C22H22N2O3. The van der Waals surface area contributed by atoms with Gasteiger partial charge in [0, 0.05) is 10.9 Å². The molecule has 27 heavy (non-hydrogen) atoms. The van der Waals surface area contributed by atoms with Crippen LogP contribution in [-0.2, 0) is 4.79 Å². The van der Waals surface area contributed by atoms with Crippen molar-refractivity contribution in [1.29, 1.82) is 0 Å². The van der Waals surface area contributed by atoms with E-state index >= 15 is 0 Å². The van der Waals surface area contributed by atoms with E-state index in [1.807, 2.05) is 62.4 Å². The number of fused-ring (bicyclic) bond motifs is 1. The molecule has 5 heteroatoms. The van der Waals surface area contributed by atoms with Crippen molar-refractivity contribution in [2.24, 2.45) is 5.10 Å². The van der Waals surface area contributed by atoms with E-state index < -0.39 is 0 Å². The zero-order valence-corrected chi connectivity index (χ0v) is 15.7. The van der Waals surface area contributed by atoms with Gasteiger partial charge in [0.25, 0.3) is 5.91 Å². The first-order chi connectivity index (χ1) is 13.1. The first-order valence-corrected chi connectivity index (χ1v) is 8.65. The molecule has 0 heterocycles. The van der Waals surface area contributed by atoms with Crippen molar-refractivity contribution in [2.75, 3.05) is 13.7 Å². The average molecular weight is 362 g/mol. The third-order valence-electron chi connectivity index (χ3n) is 4.10. The molecule has 0 saturated heterocycles. The molecule has 0 aromatic heterocycles. The topological polar surface area (TPSA) is 59.9 Å². The van der Waals surface area contributed by atoms with Gasteiger partial charge in [-0.15, -0.1) is 0 Å². The maximum Gasteiger partial charge on any atom is 0.277 e. The van der Waals surface area contributed by atoms with E-state index in [9.17, 15) is 4.79 Å². The lowest BCUT2D eigenvalue weighted by Crippen LogP contribution is -2.24. The Morgan fingerprint density at radius 3 is 2.44 bits per heavy atom. The SMILES string of the molecule is COc1ccc(/C=N/NC(=O)COc2cc(C)cc(C)c2)c2ccccc12. The second-order valence-electron chi connectivity index (χ2n) is 6.31. The molecular weight excluding hydrogens is 340 g/mol. The molecule has 0 aliphatic rings. The number of hydrogen-bond acceptors (Lipinski definition) is 4. The highest BCUT2D eigenvalue weighted by Gasteiger charge is 2.05.